The van der Waals surface area contributed by atoms with Gasteiger partial charge in [-0.1, -0.05) is 13.3 Å². The molecule has 0 aliphatic rings. The third-order valence-corrected chi connectivity index (χ3v) is 1.70. The van der Waals surface area contributed by atoms with Crippen LogP contribution in [0, 0.1) is 0 Å². The van der Waals surface area contributed by atoms with Crippen LogP contribution in [0.15, 0.2) is 0 Å². The average Bonchev–Trinajstić information content (AvgIpc) is 2.23. The summed E-state index contributed by atoms with van der Waals surface area (Å²) < 4.78 is 32.7. The van der Waals surface area contributed by atoms with E-state index >= 15 is 0 Å². The molecule has 0 aliphatic heterocycles. The van der Waals surface area contributed by atoms with Crippen LogP contribution in [0.1, 0.15) is 19.8 Å². The number of alkyl halides is 2. The molecule has 0 radical (unpaired) electrons. The Bertz CT molecular complexity index is 179. The standard InChI is InChI=1S/C10H19F2NO3/c1-2-3-5-16-10(14)7-13-4-6-15-8-9(11)12/h9,13H,2-8H2,1H3. The van der Waals surface area contributed by atoms with Crippen LogP contribution in [0.3, 0.4) is 0 Å². The molecular formula is C10H19F2NO3. The largest absolute Gasteiger partial charge is 0.465 e. The van der Waals surface area contributed by atoms with Crippen molar-refractivity contribution >= 4 is 5.97 Å². The summed E-state index contributed by atoms with van der Waals surface area (Å²) >= 11 is 0. The van der Waals surface area contributed by atoms with E-state index in [2.05, 4.69) is 10.1 Å². The lowest BCUT2D eigenvalue weighted by Gasteiger charge is -2.06. The summed E-state index contributed by atoms with van der Waals surface area (Å²) in [7, 11) is 0. The summed E-state index contributed by atoms with van der Waals surface area (Å²) in [6, 6.07) is 0. The molecule has 0 amide bonds. The normalized spacial score (nSPS) is 10.8. The molecule has 0 aromatic heterocycles. The molecule has 0 rings (SSSR count). The summed E-state index contributed by atoms with van der Waals surface area (Å²) in [5.74, 6) is -0.331. The molecule has 0 saturated heterocycles. The second kappa shape index (κ2) is 10.8. The van der Waals surface area contributed by atoms with Gasteiger partial charge in [0, 0.05) is 6.54 Å². The first kappa shape index (κ1) is 15.2. The van der Waals surface area contributed by atoms with Crippen molar-refractivity contribution in [2.75, 3.05) is 32.9 Å². The van der Waals surface area contributed by atoms with E-state index in [1.807, 2.05) is 6.92 Å². The summed E-state index contributed by atoms with van der Waals surface area (Å²) in [6.45, 7) is 2.47. The van der Waals surface area contributed by atoms with Gasteiger partial charge in [0.2, 0.25) is 0 Å². The number of hydrogen-bond donors (Lipinski definition) is 1. The molecule has 0 atom stereocenters. The number of esters is 1. The van der Waals surface area contributed by atoms with E-state index in [-0.39, 0.29) is 19.1 Å². The third kappa shape index (κ3) is 11.3. The van der Waals surface area contributed by atoms with Gasteiger partial charge in [-0.3, -0.25) is 4.79 Å². The fraction of sp³-hybridized carbons (Fsp3) is 0.900. The fourth-order valence-corrected chi connectivity index (χ4v) is 0.889. The van der Waals surface area contributed by atoms with Crippen molar-refractivity contribution < 1.29 is 23.0 Å². The summed E-state index contributed by atoms with van der Waals surface area (Å²) in [4.78, 5) is 11.0. The maximum absolute atomic E-state index is 11.6. The van der Waals surface area contributed by atoms with Gasteiger partial charge in [0.25, 0.3) is 6.43 Å². The Morgan fingerprint density at radius 2 is 2.12 bits per heavy atom. The second-order valence-corrected chi connectivity index (χ2v) is 3.22. The number of halogens is 2. The molecule has 16 heavy (non-hydrogen) atoms. The Morgan fingerprint density at radius 3 is 2.75 bits per heavy atom. The maximum Gasteiger partial charge on any atom is 0.319 e. The van der Waals surface area contributed by atoms with Crippen LogP contribution >= 0.6 is 0 Å². The Morgan fingerprint density at radius 1 is 1.38 bits per heavy atom. The smallest absolute Gasteiger partial charge is 0.319 e. The minimum atomic E-state index is -2.45. The lowest BCUT2D eigenvalue weighted by Crippen LogP contribution is -2.28. The van der Waals surface area contributed by atoms with E-state index in [9.17, 15) is 13.6 Å². The number of unbranched alkanes of at least 4 members (excludes halogenated alkanes) is 1. The molecule has 0 saturated carbocycles. The van der Waals surface area contributed by atoms with Gasteiger partial charge in [-0.05, 0) is 6.42 Å². The topological polar surface area (TPSA) is 47.6 Å². The predicted molar refractivity (Wildman–Crippen MR) is 55.6 cm³/mol. The van der Waals surface area contributed by atoms with Crippen LogP contribution in [-0.2, 0) is 14.3 Å². The van der Waals surface area contributed by atoms with Crippen molar-refractivity contribution in [1.82, 2.24) is 5.32 Å². The quantitative estimate of drug-likeness (QED) is 0.459. The van der Waals surface area contributed by atoms with E-state index in [1.165, 1.54) is 0 Å². The monoisotopic (exact) mass is 239 g/mol. The predicted octanol–water partition coefficient (Wildman–Crippen LogP) is 1.20. The van der Waals surface area contributed by atoms with Crippen LogP contribution in [0.25, 0.3) is 0 Å². The highest BCUT2D eigenvalue weighted by Crippen LogP contribution is 1.91. The zero-order chi connectivity index (χ0) is 12.2. The average molecular weight is 239 g/mol. The van der Waals surface area contributed by atoms with Crippen molar-refractivity contribution in [1.29, 1.82) is 0 Å². The van der Waals surface area contributed by atoms with Crippen LogP contribution in [-0.4, -0.2) is 45.3 Å². The van der Waals surface area contributed by atoms with Crippen molar-refractivity contribution in [2.24, 2.45) is 0 Å². The molecule has 0 bridgehead atoms. The molecule has 0 spiro atoms. The molecule has 6 heteroatoms. The Hall–Kier alpha value is -0.750. The van der Waals surface area contributed by atoms with Crippen molar-refractivity contribution in [3.05, 3.63) is 0 Å². The second-order valence-electron chi connectivity index (χ2n) is 3.22. The van der Waals surface area contributed by atoms with Gasteiger partial charge < -0.3 is 14.8 Å². The minimum absolute atomic E-state index is 0.0851. The molecule has 0 unspecified atom stereocenters. The highest BCUT2D eigenvalue weighted by Gasteiger charge is 2.03. The van der Waals surface area contributed by atoms with Crippen LogP contribution in [0.5, 0.6) is 0 Å². The van der Waals surface area contributed by atoms with Gasteiger partial charge in [0.15, 0.2) is 0 Å². The molecule has 4 nitrogen and oxygen atoms in total. The number of nitrogens with one attached hydrogen (secondary N) is 1. The summed E-state index contributed by atoms with van der Waals surface area (Å²) in [5, 5.41) is 2.74. The number of ether oxygens (including phenoxy) is 2. The molecule has 0 aromatic rings. The van der Waals surface area contributed by atoms with E-state index < -0.39 is 13.0 Å². The van der Waals surface area contributed by atoms with Crippen LogP contribution < -0.4 is 5.32 Å². The van der Waals surface area contributed by atoms with E-state index in [0.717, 1.165) is 12.8 Å². The van der Waals surface area contributed by atoms with Gasteiger partial charge in [0.1, 0.15) is 6.61 Å². The highest BCUT2D eigenvalue weighted by atomic mass is 19.3. The van der Waals surface area contributed by atoms with E-state index in [0.29, 0.717) is 13.2 Å². The zero-order valence-electron chi connectivity index (χ0n) is 9.51. The summed E-state index contributed by atoms with van der Waals surface area (Å²) in [6.07, 6.45) is -0.621. The van der Waals surface area contributed by atoms with Crippen molar-refractivity contribution in [2.45, 2.75) is 26.2 Å². The number of carbonyl (C=O) groups excluding carboxylic acids is 1. The van der Waals surface area contributed by atoms with Gasteiger partial charge >= 0.3 is 5.97 Å². The Balaban J connectivity index is 3.15. The first-order valence-electron chi connectivity index (χ1n) is 5.39. The molecule has 0 fully saturated rings. The van der Waals surface area contributed by atoms with Crippen LogP contribution in [0.4, 0.5) is 8.78 Å². The SMILES string of the molecule is CCCCOC(=O)CNCCOCC(F)F. The first-order chi connectivity index (χ1) is 7.66. The van der Waals surface area contributed by atoms with Gasteiger partial charge in [-0.15, -0.1) is 0 Å². The number of carbonyl (C=O) groups is 1. The van der Waals surface area contributed by atoms with E-state index in [4.69, 9.17) is 4.74 Å². The Labute approximate surface area is 94.3 Å². The lowest BCUT2D eigenvalue weighted by atomic mass is 10.4. The van der Waals surface area contributed by atoms with Crippen LogP contribution in [0.2, 0.25) is 0 Å². The lowest BCUT2D eigenvalue weighted by molar-refractivity contribution is -0.142. The zero-order valence-corrected chi connectivity index (χ0v) is 9.51. The minimum Gasteiger partial charge on any atom is -0.465 e. The maximum atomic E-state index is 11.6. The van der Waals surface area contributed by atoms with Gasteiger partial charge in [-0.2, -0.15) is 0 Å². The van der Waals surface area contributed by atoms with E-state index in [1.54, 1.807) is 0 Å². The highest BCUT2D eigenvalue weighted by molar-refractivity contribution is 5.71. The fourth-order valence-electron chi connectivity index (χ4n) is 0.889. The van der Waals surface area contributed by atoms with Gasteiger partial charge in [0.05, 0.1) is 19.8 Å². The summed E-state index contributed by atoms with van der Waals surface area (Å²) in [5.41, 5.74) is 0. The Kier molecular flexibility index (Phi) is 10.3. The molecular weight excluding hydrogens is 220 g/mol. The number of hydrogen-bond acceptors (Lipinski definition) is 4. The molecule has 0 aromatic carbocycles. The molecule has 1 N–H and O–H groups in total. The molecule has 0 aliphatic carbocycles. The van der Waals surface area contributed by atoms with Crippen molar-refractivity contribution in [3.63, 3.8) is 0 Å². The molecule has 96 valence electrons. The number of rotatable bonds is 10. The first-order valence-corrected chi connectivity index (χ1v) is 5.39. The molecule has 0 heterocycles. The third-order valence-electron chi connectivity index (χ3n) is 1.70. The van der Waals surface area contributed by atoms with Gasteiger partial charge in [-0.25, -0.2) is 8.78 Å². The van der Waals surface area contributed by atoms with Crippen molar-refractivity contribution in [3.8, 4) is 0 Å².